The van der Waals surface area contributed by atoms with E-state index in [1.165, 1.54) is 0 Å². The summed E-state index contributed by atoms with van der Waals surface area (Å²) in [6.45, 7) is 3.42. The standard InChI is InChI=1S/C17H19N5O/c1-12-19-15-6-2-5-14(16(15)20-12)17(23)21-8-3-4-13(10-21)22-9-7-18-11-22/h2,5-7,9,11,13H,3-4,8,10H2,1H3,(H,19,20). The fourth-order valence-electron chi connectivity index (χ4n) is 3.37. The van der Waals surface area contributed by atoms with Gasteiger partial charge in [-0.3, -0.25) is 4.79 Å². The molecular weight excluding hydrogens is 290 g/mol. The van der Waals surface area contributed by atoms with Crippen molar-refractivity contribution in [3.05, 3.63) is 48.3 Å². The van der Waals surface area contributed by atoms with Crippen LogP contribution in [0, 0.1) is 6.92 Å². The second-order valence-electron chi connectivity index (χ2n) is 6.08. The van der Waals surface area contributed by atoms with E-state index in [1.54, 1.807) is 6.20 Å². The molecule has 1 N–H and O–H groups in total. The third-order valence-electron chi connectivity index (χ3n) is 4.49. The molecule has 1 atom stereocenters. The van der Waals surface area contributed by atoms with Gasteiger partial charge < -0.3 is 14.5 Å². The van der Waals surface area contributed by atoms with Crippen LogP contribution in [0.1, 0.15) is 35.1 Å². The van der Waals surface area contributed by atoms with Crippen molar-refractivity contribution in [1.82, 2.24) is 24.4 Å². The molecule has 3 aromatic rings. The Morgan fingerprint density at radius 2 is 2.30 bits per heavy atom. The van der Waals surface area contributed by atoms with Gasteiger partial charge in [0.05, 0.1) is 23.4 Å². The molecule has 1 saturated heterocycles. The zero-order chi connectivity index (χ0) is 15.8. The van der Waals surface area contributed by atoms with E-state index in [1.807, 2.05) is 42.5 Å². The number of carbonyl (C=O) groups excluding carboxylic acids is 1. The molecule has 0 saturated carbocycles. The lowest BCUT2D eigenvalue weighted by Gasteiger charge is -2.33. The lowest BCUT2D eigenvalue weighted by Crippen LogP contribution is -2.40. The van der Waals surface area contributed by atoms with Crippen LogP contribution in [-0.2, 0) is 0 Å². The first-order valence-corrected chi connectivity index (χ1v) is 7.94. The maximum atomic E-state index is 13.0. The molecule has 0 radical (unpaired) electrons. The number of piperidine rings is 1. The Labute approximate surface area is 134 Å². The van der Waals surface area contributed by atoms with Gasteiger partial charge in [-0.2, -0.15) is 0 Å². The van der Waals surface area contributed by atoms with Crippen molar-refractivity contribution in [1.29, 1.82) is 0 Å². The number of para-hydroxylation sites is 1. The summed E-state index contributed by atoms with van der Waals surface area (Å²) in [6, 6.07) is 6.03. The molecule has 3 heterocycles. The number of rotatable bonds is 2. The van der Waals surface area contributed by atoms with Crippen molar-refractivity contribution >= 4 is 16.9 Å². The quantitative estimate of drug-likeness (QED) is 0.791. The lowest BCUT2D eigenvalue weighted by molar-refractivity contribution is 0.0681. The van der Waals surface area contributed by atoms with Crippen molar-refractivity contribution in [2.24, 2.45) is 0 Å². The smallest absolute Gasteiger partial charge is 0.256 e. The summed E-state index contributed by atoms with van der Waals surface area (Å²) >= 11 is 0. The number of benzene rings is 1. The Bertz CT molecular complexity index is 836. The lowest BCUT2D eigenvalue weighted by atomic mass is 10.0. The molecule has 6 nitrogen and oxygen atoms in total. The van der Waals surface area contributed by atoms with Crippen molar-refractivity contribution in [3.63, 3.8) is 0 Å². The van der Waals surface area contributed by atoms with E-state index in [0.29, 0.717) is 11.6 Å². The third-order valence-corrected chi connectivity index (χ3v) is 4.49. The highest BCUT2D eigenvalue weighted by molar-refractivity contribution is 6.04. The van der Waals surface area contributed by atoms with Gasteiger partial charge in [0, 0.05) is 25.5 Å². The third kappa shape index (κ3) is 2.50. The Kier molecular flexibility index (Phi) is 3.37. The first-order valence-electron chi connectivity index (χ1n) is 7.94. The highest BCUT2D eigenvalue weighted by atomic mass is 16.2. The number of nitrogens with zero attached hydrogens (tertiary/aromatic N) is 4. The molecule has 2 aromatic heterocycles. The predicted octanol–water partition coefficient (Wildman–Crippen LogP) is 2.55. The summed E-state index contributed by atoms with van der Waals surface area (Å²) in [4.78, 5) is 26.7. The van der Waals surface area contributed by atoms with Crippen LogP contribution in [0.25, 0.3) is 11.0 Å². The number of imidazole rings is 2. The second-order valence-corrected chi connectivity index (χ2v) is 6.08. The fourth-order valence-corrected chi connectivity index (χ4v) is 3.37. The van der Waals surface area contributed by atoms with Gasteiger partial charge in [-0.1, -0.05) is 6.07 Å². The molecule has 0 aliphatic carbocycles. The summed E-state index contributed by atoms with van der Waals surface area (Å²) in [5, 5.41) is 0. The molecule has 1 aliphatic rings. The summed E-state index contributed by atoms with van der Waals surface area (Å²) in [7, 11) is 0. The number of aromatic amines is 1. The molecule has 23 heavy (non-hydrogen) atoms. The molecular formula is C17H19N5O. The van der Waals surface area contributed by atoms with Gasteiger partial charge in [0.15, 0.2) is 0 Å². The van der Waals surface area contributed by atoms with Crippen LogP contribution in [0.5, 0.6) is 0 Å². The van der Waals surface area contributed by atoms with Crippen LogP contribution in [0.2, 0.25) is 0 Å². The van der Waals surface area contributed by atoms with Crippen LogP contribution < -0.4 is 0 Å². The number of hydrogen-bond acceptors (Lipinski definition) is 3. The maximum absolute atomic E-state index is 13.0. The van der Waals surface area contributed by atoms with E-state index in [-0.39, 0.29) is 5.91 Å². The minimum Gasteiger partial charge on any atom is -0.342 e. The van der Waals surface area contributed by atoms with Crippen LogP contribution in [0.15, 0.2) is 36.9 Å². The van der Waals surface area contributed by atoms with Gasteiger partial charge in [-0.25, -0.2) is 9.97 Å². The molecule has 1 amide bonds. The SMILES string of the molecule is Cc1nc2c(C(=O)N3CCCC(n4ccnc4)C3)cccc2[nH]1. The largest absolute Gasteiger partial charge is 0.342 e. The number of aromatic nitrogens is 4. The van der Waals surface area contributed by atoms with Crippen molar-refractivity contribution in [2.45, 2.75) is 25.8 Å². The Hall–Kier alpha value is -2.63. The first kappa shape index (κ1) is 14.0. The summed E-state index contributed by atoms with van der Waals surface area (Å²) in [5.74, 6) is 0.891. The summed E-state index contributed by atoms with van der Waals surface area (Å²) < 4.78 is 2.10. The first-order chi connectivity index (χ1) is 11.2. The molecule has 1 aromatic carbocycles. The van der Waals surface area contributed by atoms with E-state index < -0.39 is 0 Å². The maximum Gasteiger partial charge on any atom is 0.256 e. The number of nitrogens with one attached hydrogen (secondary N) is 1. The average molecular weight is 309 g/mol. The van der Waals surface area contributed by atoms with Gasteiger partial charge in [0.2, 0.25) is 0 Å². The Morgan fingerprint density at radius 3 is 3.13 bits per heavy atom. The second kappa shape index (κ2) is 5.53. The highest BCUT2D eigenvalue weighted by Crippen LogP contribution is 2.24. The summed E-state index contributed by atoms with van der Waals surface area (Å²) in [5.41, 5.74) is 2.36. The van der Waals surface area contributed by atoms with Crippen molar-refractivity contribution in [3.8, 4) is 0 Å². The molecule has 1 aliphatic heterocycles. The van der Waals surface area contributed by atoms with Gasteiger partial charge in [0.1, 0.15) is 11.3 Å². The van der Waals surface area contributed by atoms with E-state index in [2.05, 4.69) is 19.5 Å². The highest BCUT2D eigenvalue weighted by Gasteiger charge is 2.26. The van der Waals surface area contributed by atoms with Crippen LogP contribution >= 0.6 is 0 Å². The number of carbonyl (C=O) groups is 1. The van der Waals surface area contributed by atoms with E-state index >= 15 is 0 Å². The normalized spacial score (nSPS) is 18.5. The summed E-state index contributed by atoms with van der Waals surface area (Å²) in [6.07, 6.45) is 7.66. The monoisotopic (exact) mass is 309 g/mol. The predicted molar refractivity (Wildman–Crippen MR) is 87.2 cm³/mol. The van der Waals surface area contributed by atoms with Gasteiger partial charge in [-0.05, 0) is 31.9 Å². The molecule has 4 rings (SSSR count). The van der Waals surface area contributed by atoms with Gasteiger partial charge in [0.25, 0.3) is 5.91 Å². The van der Waals surface area contributed by atoms with Crippen LogP contribution in [0.3, 0.4) is 0 Å². The number of hydrogen-bond donors (Lipinski definition) is 1. The van der Waals surface area contributed by atoms with Crippen molar-refractivity contribution < 1.29 is 4.79 Å². The average Bonchev–Trinajstić information content (AvgIpc) is 3.22. The molecule has 0 spiro atoms. The van der Waals surface area contributed by atoms with E-state index in [4.69, 9.17) is 0 Å². The molecule has 1 fully saturated rings. The van der Waals surface area contributed by atoms with Gasteiger partial charge >= 0.3 is 0 Å². The Balaban J connectivity index is 1.62. The molecule has 0 bridgehead atoms. The topological polar surface area (TPSA) is 66.8 Å². The molecule has 6 heteroatoms. The van der Waals surface area contributed by atoms with Crippen molar-refractivity contribution in [2.75, 3.05) is 13.1 Å². The minimum absolute atomic E-state index is 0.0620. The molecule has 1 unspecified atom stereocenters. The fraction of sp³-hybridized carbons (Fsp3) is 0.353. The number of likely N-dealkylation sites (tertiary alicyclic amines) is 1. The number of aryl methyl sites for hydroxylation is 1. The minimum atomic E-state index is 0.0620. The molecule has 118 valence electrons. The number of H-pyrrole nitrogens is 1. The van der Waals surface area contributed by atoms with Crippen LogP contribution in [-0.4, -0.2) is 43.4 Å². The van der Waals surface area contributed by atoms with E-state index in [0.717, 1.165) is 42.8 Å². The zero-order valence-corrected chi connectivity index (χ0v) is 13.1. The van der Waals surface area contributed by atoms with E-state index in [9.17, 15) is 4.79 Å². The number of amides is 1. The van der Waals surface area contributed by atoms with Crippen LogP contribution in [0.4, 0.5) is 0 Å². The number of fused-ring (bicyclic) bond motifs is 1. The Morgan fingerprint density at radius 1 is 1.39 bits per heavy atom. The zero-order valence-electron chi connectivity index (χ0n) is 13.1. The van der Waals surface area contributed by atoms with Gasteiger partial charge in [-0.15, -0.1) is 0 Å².